The van der Waals surface area contributed by atoms with Gasteiger partial charge in [0.05, 0.1) is 0 Å². The van der Waals surface area contributed by atoms with Crippen molar-refractivity contribution in [3.05, 3.63) is 11.7 Å². The van der Waals surface area contributed by atoms with E-state index in [0.717, 1.165) is 12.8 Å². The van der Waals surface area contributed by atoms with Crippen LogP contribution in [0.1, 0.15) is 70.2 Å². The molecule has 0 spiro atoms. The fourth-order valence-corrected chi connectivity index (χ4v) is 2.51. The van der Waals surface area contributed by atoms with Crippen molar-refractivity contribution in [2.75, 3.05) is 6.61 Å². The minimum atomic E-state index is -0.137. The standard InChI is InChI=1S/C14H22N2O3/c1-4-18-12(9(2)3)13-15-14(19-16-13)10-6-5-7-11(17)8-10/h9-10,12H,4-8H2,1-3H3. The zero-order valence-electron chi connectivity index (χ0n) is 11.9. The highest BCUT2D eigenvalue weighted by atomic mass is 16.5. The maximum Gasteiger partial charge on any atom is 0.230 e. The third-order valence-corrected chi connectivity index (χ3v) is 3.50. The van der Waals surface area contributed by atoms with Crippen LogP contribution >= 0.6 is 0 Å². The van der Waals surface area contributed by atoms with E-state index in [1.807, 2.05) is 6.92 Å². The van der Waals surface area contributed by atoms with Gasteiger partial charge in [0.15, 0.2) is 0 Å². The topological polar surface area (TPSA) is 65.2 Å². The first-order chi connectivity index (χ1) is 9.11. The Kier molecular flexibility index (Phi) is 4.69. The summed E-state index contributed by atoms with van der Waals surface area (Å²) in [4.78, 5) is 15.9. The number of Topliss-reactive ketones (excluding diaryl/α,β-unsaturated/α-hetero) is 1. The van der Waals surface area contributed by atoms with E-state index in [4.69, 9.17) is 9.26 Å². The van der Waals surface area contributed by atoms with Crippen molar-refractivity contribution >= 4 is 5.78 Å². The minimum absolute atomic E-state index is 0.0944. The van der Waals surface area contributed by atoms with Gasteiger partial charge in [0, 0.05) is 25.4 Å². The summed E-state index contributed by atoms with van der Waals surface area (Å²) in [5, 5.41) is 4.03. The highest BCUT2D eigenvalue weighted by molar-refractivity contribution is 5.79. The van der Waals surface area contributed by atoms with E-state index in [0.29, 0.717) is 42.9 Å². The summed E-state index contributed by atoms with van der Waals surface area (Å²) in [7, 11) is 0. The van der Waals surface area contributed by atoms with Gasteiger partial charge >= 0.3 is 0 Å². The van der Waals surface area contributed by atoms with Crippen molar-refractivity contribution in [3.8, 4) is 0 Å². The molecule has 2 rings (SSSR count). The first kappa shape index (κ1) is 14.2. The lowest BCUT2D eigenvalue weighted by Gasteiger charge is -2.17. The minimum Gasteiger partial charge on any atom is -0.370 e. The Morgan fingerprint density at radius 2 is 2.26 bits per heavy atom. The van der Waals surface area contributed by atoms with Gasteiger partial charge in [-0.3, -0.25) is 4.79 Å². The second kappa shape index (κ2) is 6.28. The quantitative estimate of drug-likeness (QED) is 0.819. The smallest absolute Gasteiger partial charge is 0.230 e. The van der Waals surface area contributed by atoms with Gasteiger partial charge in [-0.2, -0.15) is 4.98 Å². The zero-order chi connectivity index (χ0) is 13.8. The van der Waals surface area contributed by atoms with Gasteiger partial charge in [0.1, 0.15) is 11.9 Å². The van der Waals surface area contributed by atoms with Crippen LogP contribution in [0.4, 0.5) is 0 Å². The largest absolute Gasteiger partial charge is 0.370 e. The summed E-state index contributed by atoms with van der Waals surface area (Å²) >= 11 is 0. The monoisotopic (exact) mass is 266 g/mol. The lowest BCUT2D eigenvalue weighted by Crippen LogP contribution is -2.15. The fourth-order valence-electron chi connectivity index (χ4n) is 2.51. The van der Waals surface area contributed by atoms with Crippen LogP contribution in [0.5, 0.6) is 0 Å². The average molecular weight is 266 g/mol. The molecule has 0 aliphatic heterocycles. The van der Waals surface area contributed by atoms with Crippen LogP contribution in [0, 0.1) is 5.92 Å². The molecule has 19 heavy (non-hydrogen) atoms. The number of carbonyl (C=O) groups is 1. The van der Waals surface area contributed by atoms with Crippen molar-refractivity contribution < 1.29 is 14.1 Å². The van der Waals surface area contributed by atoms with Crippen LogP contribution in [0.3, 0.4) is 0 Å². The second-order valence-electron chi connectivity index (χ2n) is 5.44. The van der Waals surface area contributed by atoms with Gasteiger partial charge in [-0.1, -0.05) is 19.0 Å². The van der Waals surface area contributed by atoms with Gasteiger partial charge in [0.2, 0.25) is 11.7 Å². The molecule has 1 aliphatic carbocycles. The average Bonchev–Trinajstić information content (AvgIpc) is 2.84. The summed E-state index contributed by atoms with van der Waals surface area (Å²) < 4.78 is 11.0. The van der Waals surface area contributed by atoms with Crippen molar-refractivity contribution in [1.29, 1.82) is 0 Å². The normalized spacial score (nSPS) is 21.9. The lowest BCUT2D eigenvalue weighted by atomic mass is 9.88. The van der Waals surface area contributed by atoms with Gasteiger partial charge in [0.25, 0.3) is 0 Å². The summed E-state index contributed by atoms with van der Waals surface area (Å²) in [5.41, 5.74) is 0. The van der Waals surface area contributed by atoms with E-state index < -0.39 is 0 Å². The van der Waals surface area contributed by atoms with E-state index in [-0.39, 0.29) is 12.0 Å². The molecule has 0 bridgehead atoms. The van der Waals surface area contributed by atoms with Crippen molar-refractivity contribution in [2.45, 2.75) is 58.5 Å². The number of rotatable bonds is 5. The van der Waals surface area contributed by atoms with E-state index in [1.54, 1.807) is 0 Å². The first-order valence-electron chi connectivity index (χ1n) is 7.08. The summed E-state index contributed by atoms with van der Waals surface area (Å²) in [6.45, 7) is 6.71. The van der Waals surface area contributed by atoms with Crippen molar-refractivity contribution in [3.63, 3.8) is 0 Å². The molecule has 5 heteroatoms. The lowest BCUT2D eigenvalue weighted by molar-refractivity contribution is -0.120. The molecule has 1 aromatic rings. The van der Waals surface area contributed by atoms with E-state index in [1.165, 1.54) is 0 Å². The van der Waals surface area contributed by atoms with Gasteiger partial charge in [-0.05, 0) is 25.7 Å². The Morgan fingerprint density at radius 1 is 1.47 bits per heavy atom. The molecule has 0 amide bonds. The molecule has 2 atom stereocenters. The molecule has 1 fully saturated rings. The molecule has 1 aliphatic rings. The summed E-state index contributed by atoms with van der Waals surface area (Å²) in [6.07, 6.45) is 2.95. The van der Waals surface area contributed by atoms with E-state index >= 15 is 0 Å². The molecule has 0 aromatic carbocycles. The van der Waals surface area contributed by atoms with Crippen LogP contribution in [-0.2, 0) is 9.53 Å². The number of carbonyl (C=O) groups excluding carboxylic acids is 1. The Balaban J connectivity index is 2.10. The van der Waals surface area contributed by atoms with Crippen LogP contribution in [0.15, 0.2) is 4.52 Å². The van der Waals surface area contributed by atoms with E-state index in [2.05, 4.69) is 24.0 Å². The third-order valence-electron chi connectivity index (χ3n) is 3.50. The SMILES string of the molecule is CCOC(c1noc(C2CCCC(=O)C2)n1)C(C)C. The highest BCUT2D eigenvalue weighted by Gasteiger charge is 2.28. The Hall–Kier alpha value is -1.23. The Bertz CT molecular complexity index is 428. The number of ether oxygens (including phenoxy) is 1. The third kappa shape index (κ3) is 3.41. The molecule has 1 saturated carbocycles. The second-order valence-corrected chi connectivity index (χ2v) is 5.44. The van der Waals surface area contributed by atoms with Crippen LogP contribution < -0.4 is 0 Å². The predicted octanol–water partition coefficient (Wildman–Crippen LogP) is 3.03. The van der Waals surface area contributed by atoms with Crippen LogP contribution in [0.25, 0.3) is 0 Å². The molecule has 0 N–H and O–H groups in total. The van der Waals surface area contributed by atoms with Crippen molar-refractivity contribution in [1.82, 2.24) is 10.1 Å². The first-order valence-corrected chi connectivity index (χ1v) is 7.08. The predicted molar refractivity (Wildman–Crippen MR) is 69.7 cm³/mol. The van der Waals surface area contributed by atoms with Crippen molar-refractivity contribution in [2.24, 2.45) is 5.92 Å². The van der Waals surface area contributed by atoms with Gasteiger partial charge < -0.3 is 9.26 Å². The summed E-state index contributed by atoms with van der Waals surface area (Å²) in [6, 6.07) is 0. The van der Waals surface area contributed by atoms with Gasteiger partial charge in [-0.15, -0.1) is 0 Å². The Labute approximate surface area is 113 Å². The van der Waals surface area contributed by atoms with Gasteiger partial charge in [-0.25, -0.2) is 0 Å². The maximum atomic E-state index is 11.5. The molecule has 5 nitrogen and oxygen atoms in total. The number of nitrogens with zero attached hydrogens (tertiary/aromatic N) is 2. The fraction of sp³-hybridized carbons (Fsp3) is 0.786. The molecule has 0 saturated heterocycles. The molecule has 1 aromatic heterocycles. The number of hydrogen-bond acceptors (Lipinski definition) is 5. The molecule has 0 radical (unpaired) electrons. The molecular weight excluding hydrogens is 244 g/mol. The zero-order valence-corrected chi connectivity index (χ0v) is 11.9. The Morgan fingerprint density at radius 3 is 2.89 bits per heavy atom. The van der Waals surface area contributed by atoms with Crippen LogP contribution in [-0.4, -0.2) is 22.5 Å². The van der Waals surface area contributed by atoms with E-state index in [9.17, 15) is 4.79 Å². The molecule has 1 heterocycles. The highest BCUT2D eigenvalue weighted by Crippen LogP contribution is 2.31. The number of ketones is 1. The van der Waals surface area contributed by atoms with Crippen LogP contribution in [0.2, 0.25) is 0 Å². The molecular formula is C14H22N2O3. The molecule has 2 unspecified atom stereocenters. The summed E-state index contributed by atoms with van der Waals surface area (Å²) in [5.74, 6) is 1.87. The number of aromatic nitrogens is 2. The maximum absolute atomic E-state index is 11.5. The molecule has 106 valence electrons. The number of hydrogen-bond donors (Lipinski definition) is 0.